The largest absolute Gasteiger partial charge is 0.321 e. The van der Waals surface area contributed by atoms with Crippen molar-refractivity contribution in [3.8, 4) is 0 Å². The number of nitrogens with zero attached hydrogens (tertiary/aromatic N) is 3. The van der Waals surface area contributed by atoms with Crippen molar-refractivity contribution in [1.82, 2.24) is 20.4 Å². The van der Waals surface area contributed by atoms with Crippen molar-refractivity contribution in [3.05, 3.63) is 62.5 Å². The van der Waals surface area contributed by atoms with Gasteiger partial charge in [0.25, 0.3) is 5.69 Å². The number of aromatic nitrogens is 4. The molecular formula is C15H14N6O2. The molecule has 0 atom stereocenters. The van der Waals surface area contributed by atoms with Crippen molar-refractivity contribution >= 4 is 17.3 Å². The summed E-state index contributed by atoms with van der Waals surface area (Å²) in [6, 6.07) is 6.72. The Balaban J connectivity index is 1.97. The number of aromatic amines is 2. The van der Waals surface area contributed by atoms with Gasteiger partial charge in [-0.05, 0) is 19.4 Å². The van der Waals surface area contributed by atoms with Gasteiger partial charge in [0.05, 0.1) is 4.92 Å². The van der Waals surface area contributed by atoms with Crippen molar-refractivity contribution in [2.24, 2.45) is 0 Å². The number of H-pyrrole nitrogens is 2. The number of rotatable bonds is 2. The van der Waals surface area contributed by atoms with E-state index in [2.05, 4.69) is 25.7 Å². The number of non-ortho nitro benzene ring substituents is 1. The summed E-state index contributed by atoms with van der Waals surface area (Å²) in [5, 5.41) is 28.8. The standard InChI is InChI=1S/C15H14N6O2/c1-7-11-13(9-4-3-5-10(6-9)21(22)23)12-8(2)18-20-15(12)16-14(11)19-17-7/h3-6,13H,1-2H3,(H3,16,17,18,19,20). The van der Waals surface area contributed by atoms with Crippen LogP contribution in [0.5, 0.6) is 0 Å². The summed E-state index contributed by atoms with van der Waals surface area (Å²) in [4.78, 5) is 10.7. The van der Waals surface area contributed by atoms with E-state index in [-0.39, 0.29) is 16.5 Å². The van der Waals surface area contributed by atoms with E-state index >= 15 is 0 Å². The van der Waals surface area contributed by atoms with Gasteiger partial charge in [0.2, 0.25) is 0 Å². The summed E-state index contributed by atoms with van der Waals surface area (Å²) in [6.07, 6.45) is 0. The zero-order valence-electron chi connectivity index (χ0n) is 12.5. The summed E-state index contributed by atoms with van der Waals surface area (Å²) < 4.78 is 0. The molecule has 23 heavy (non-hydrogen) atoms. The van der Waals surface area contributed by atoms with Gasteiger partial charge in [0, 0.05) is 40.6 Å². The summed E-state index contributed by atoms with van der Waals surface area (Å²) in [5.41, 5.74) is 4.75. The van der Waals surface area contributed by atoms with Gasteiger partial charge in [-0.3, -0.25) is 20.3 Å². The predicted molar refractivity (Wildman–Crippen MR) is 84.0 cm³/mol. The molecule has 0 bridgehead atoms. The van der Waals surface area contributed by atoms with E-state index < -0.39 is 0 Å². The van der Waals surface area contributed by atoms with E-state index in [4.69, 9.17) is 0 Å². The molecule has 1 aromatic carbocycles. The molecule has 116 valence electrons. The van der Waals surface area contributed by atoms with Gasteiger partial charge < -0.3 is 5.32 Å². The van der Waals surface area contributed by atoms with Crippen LogP contribution in [0.15, 0.2) is 24.3 Å². The van der Waals surface area contributed by atoms with Gasteiger partial charge in [0.15, 0.2) is 11.6 Å². The summed E-state index contributed by atoms with van der Waals surface area (Å²) in [7, 11) is 0. The average molecular weight is 310 g/mol. The molecule has 8 heteroatoms. The molecule has 4 rings (SSSR count). The molecule has 1 aliphatic heterocycles. The van der Waals surface area contributed by atoms with Crippen molar-refractivity contribution in [2.45, 2.75) is 19.8 Å². The monoisotopic (exact) mass is 310 g/mol. The highest BCUT2D eigenvalue weighted by Gasteiger charge is 2.34. The first-order valence-corrected chi connectivity index (χ1v) is 7.17. The first kappa shape index (κ1) is 13.5. The van der Waals surface area contributed by atoms with Gasteiger partial charge in [-0.25, -0.2) is 0 Å². The lowest BCUT2D eigenvalue weighted by molar-refractivity contribution is -0.384. The van der Waals surface area contributed by atoms with Gasteiger partial charge in [-0.1, -0.05) is 12.1 Å². The molecule has 0 unspecified atom stereocenters. The molecule has 0 amide bonds. The van der Waals surface area contributed by atoms with Crippen molar-refractivity contribution in [1.29, 1.82) is 0 Å². The maximum atomic E-state index is 11.1. The molecule has 0 saturated carbocycles. The molecular weight excluding hydrogens is 296 g/mol. The normalized spacial score (nSPS) is 13.3. The predicted octanol–water partition coefficient (Wildman–Crippen LogP) is 2.90. The lowest BCUT2D eigenvalue weighted by Crippen LogP contribution is -2.14. The van der Waals surface area contributed by atoms with E-state index in [1.807, 2.05) is 19.9 Å². The fourth-order valence-electron chi connectivity index (χ4n) is 3.18. The third kappa shape index (κ3) is 1.91. The number of benzene rings is 1. The van der Waals surface area contributed by atoms with Crippen LogP contribution in [0.4, 0.5) is 17.3 Å². The number of hydrogen-bond acceptors (Lipinski definition) is 5. The fourth-order valence-corrected chi connectivity index (χ4v) is 3.18. The molecule has 3 aromatic rings. The lowest BCUT2D eigenvalue weighted by Gasteiger charge is -2.24. The highest BCUT2D eigenvalue weighted by atomic mass is 16.6. The van der Waals surface area contributed by atoms with Crippen LogP contribution in [0, 0.1) is 24.0 Å². The number of nitro groups is 1. The van der Waals surface area contributed by atoms with Crippen LogP contribution in [0.1, 0.15) is 34.0 Å². The molecule has 3 N–H and O–H groups in total. The minimum Gasteiger partial charge on any atom is -0.321 e. The van der Waals surface area contributed by atoms with Crippen LogP contribution in [0.3, 0.4) is 0 Å². The van der Waals surface area contributed by atoms with E-state index in [0.29, 0.717) is 11.6 Å². The smallest absolute Gasteiger partial charge is 0.269 e. The number of fused-ring (bicyclic) bond motifs is 2. The number of nitro benzene ring substituents is 1. The zero-order chi connectivity index (χ0) is 16.1. The summed E-state index contributed by atoms with van der Waals surface area (Å²) in [5.74, 6) is 1.26. The molecule has 2 aromatic heterocycles. The van der Waals surface area contributed by atoms with E-state index in [1.165, 1.54) is 6.07 Å². The lowest BCUT2D eigenvalue weighted by atomic mass is 9.82. The Morgan fingerprint density at radius 1 is 1.09 bits per heavy atom. The van der Waals surface area contributed by atoms with Gasteiger partial charge in [-0.15, -0.1) is 0 Å². The second-order valence-electron chi connectivity index (χ2n) is 5.63. The van der Waals surface area contributed by atoms with Crippen LogP contribution in [0.25, 0.3) is 0 Å². The maximum Gasteiger partial charge on any atom is 0.269 e. The maximum absolute atomic E-state index is 11.1. The van der Waals surface area contributed by atoms with Crippen molar-refractivity contribution in [3.63, 3.8) is 0 Å². The van der Waals surface area contributed by atoms with Crippen LogP contribution in [-0.4, -0.2) is 25.3 Å². The molecule has 0 saturated heterocycles. The van der Waals surface area contributed by atoms with E-state index in [1.54, 1.807) is 12.1 Å². The second-order valence-corrected chi connectivity index (χ2v) is 5.63. The Morgan fingerprint density at radius 3 is 2.26 bits per heavy atom. The number of hydrogen-bond donors (Lipinski definition) is 3. The summed E-state index contributed by atoms with van der Waals surface area (Å²) >= 11 is 0. The fraction of sp³-hybridized carbons (Fsp3) is 0.200. The minimum atomic E-state index is -0.378. The van der Waals surface area contributed by atoms with Crippen LogP contribution in [-0.2, 0) is 0 Å². The van der Waals surface area contributed by atoms with E-state index in [9.17, 15) is 10.1 Å². The Labute approximate surface area is 131 Å². The van der Waals surface area contributed by atoms with E-state index in [0.717, 1.165) is 28.1 Å². The Kier molecular flexibility index (Phi) is 2.74. The number of nitrogens with one attached hydrogen (secondary N) is 3. The molecule has 0 radical (unpaired) electrons. The molecule has 1 aliphatic rings. The molecule has 3 heterocycles. The topological polar surface area (TPSA) is 113 Å². The van der Waals surface area contributed by atoms with Crippen LogP contribution < -0.4 is 5.32 Å². The highest BCUT2D eigenvalue weighted by Crippen LogP contribution is 2.46. The average Bonchev–Trinajstić information content (AvgIpc) is 3.10. The van der Waals surface area contributed by atoms with Crippen LogP contribution in [0.2, 0.25) is 0 Å². The first-order valence-electron chi connectivity index (χ1n) is 7.17. The zero-order valence-corrected chi connectivity index (χ0v) is 12.5. The molecule has 8 nitrogen and oxygen atoms in total. The van der Waals surface area contributed by atoms with Crippen molar-refractivity contribution in [2.75, 3.05) is 5.32 Å². The Morgan fingerprint density at radius 2 is 1.70 bits per heavy atom. The molecule has 0 fully saturated rings. The van der Waals surface area contributed by atoms with Gasteiger partial charge in [0.1, 0.15) is 0 Å². The van der Waals surface area contributed by atoms with Crippen LogP contribution >= 0.6 is 0 Å². The Bertz CT molecular complexity index is 880. The summed E-state index contributed by atoms with van der Waals surface area (Å²) in [6.45, 7) is 3.89. The highest BCUT2D eigenvalue weighted by molar-refractivity contribution is 5.72. The molecule has 0 spiro atoms. The number of aryl methyl sites for hydroxylation is 2. The third-order valence-electron chi connectivity index (χ3n) is 4.22. The SMILES string of the molecule is Cc1[nH]nc2c1C(c1cccc([N+](=O)[O-])c1)c1c(n[nH]c1C)N2. The quantitative estimate of drug-likeness (QED) is 0.389. The third-order valence-corrected chi connectivity index (χ3v) is 4.22. The number of anilines is 2. The van der Waals surface area contributed by atoms with Crippen molar-refractivity contribution < 1.29 is 4.92 Å². The first-order chi connectivity index (χ1) is 11.1. The Hall–Kier alpha value is -3.16. The second kappa shape index (κ2) is 4.67. The molecule has 0 aliphatic carbocycles. The van der Waals surface area contributed by atoms with Gasteiger partial charge in [-0.2, -0.15) is 10.2 Å². The van der Waals surface area contributed by atoms with Gasteiger partial charge >= 0.3 is 0 Å². The minimum absolute atomic E-state index is 0.0754.